The molecule has 19 heavy (non-hydrogen) atoms. The van der Waals surface area contributed by atoms with Gasteiger partial charge in [-0.05, 0) is 17.7 Å². The Morgan fingerprint density at radius 3 is 2.42 bits per heavy atom. The lowest BCUT2D eigenvalue weighted by Gasteiger charge is -2.07. The van der Waals surface area contributed by atoms with E-state index >= 15 is 0 Å². The van der Waals surface area contributed by atoms with Crippen LogP contribution in [0.2, 0.25) is 0 Å². The normalized spacial score (nSPS) is 10.3. The number of phenols is 1. The number of hydrogen-bond acceptors (Lipinski definition) is 4. The summed E-state index contributed by atoms with van der Waals surface area (Å²) in [5.41, 5.74) is 0.404. The van der Waals surface area contributed by atoms with Crippen LogP contribution in [0.5, 0.6) is 5.75 Å². The molecule has 0 aliphatic carbocycles. The van der Waals surface area contributed by atoms with E-state index < -0.39 is 17.8 Å². The summed E-state index contributed by atoms with van der Waals surface area (Å²) in [6, 6.07) is 3.96. The van der Waals surface area contributed by atoms with Crippen LogP contribution in [0, 0.1) is 0 Å². The molecule has 0 aliphatic heterocycles. The van der Waals surface area contributed by atoms with E-state index in [2.05, 4.69) is 5.32 Å². The van der Waals surface area contributed by atoms with E-state index in [0.29, 0.717) is 11.6 Å². The number of benzene rings is 1. The van der Waals surface area contributed by atoms with Gasteiger partial charge in [0.2, 0.25) is 5.91 Å². The van der Waals surface area contributed by atoms with Gasteiger partial charge in [0, 0.05) is 12.2 Å². The van der Waals surface area contributed by atoms with E-state index in [1.54, 1.807) is 0 Å². The molecule has 1 aromatic carbocycles. The molecular formula is C12H11NO6. The summed E-state index contributed by atoms with van der Waals surface area (Å²) in [6.07, 6.45) is 1.17. The number of carboxylic acid groups (broad SMARTS) is 2. The zero-order chi connectivity index (χ0) is 14.4. The molecule has 0 aliphatic rings. The van der Waals surface area contributed by atoms with E-state index in [0.717, 1.165) is 6.08 Å². The summed E-state index contributed by atoms with van der Waals surface area (Å²) in [6.45, 7) is 0. The molecule has 4 N–H and O–H groups in total. The van der Waals surface area contributed by atoms with Crippen molar-refractivity contribution in [2.75, 3.05) is 5.32 Å². The summed E-state index contributed by atoms with van der Waals surface area (Å²) in [7, 11) is 0. The van der Waals surface area contributed by atoms with Crippen molar-refractivity contribution >= 4 is 23.5 Å². The van der Waals surface area contributed by atoms with Crippen molar-refractivity contribution < 1.29 is 29.7 Å². The lowest BCUT2D eigenvalue weighted by molar-refractivity contribution is -0.136. The molecule has 7 nitrogen and oxygen atoms in total. The van der Waals surface area contributed by atoms with Gasteiger partial charge in [-0.1, -0.05) is 6.07 Å². The van der Waals surface area contributed by atoms with E-state index in [1.165, 1.54) is 18.2 Å². The Labute approximate surface area is 107 Å². The first-order valence-corrected chi connectivity index (χ1v) is 5.14. The highest BCUT2D eigenvalue weighted by Crippen LogP contribution is 2.24. The zero-order valence-corrected chi connectivity index (χ0v) is 9.66. The molecule has 0 saturated carbocycles. The summed E-state index contributed by atoms with van der Waals surface area (Å²) in [5, 5.41) is 28.7. The minimum Gasteiger partial charge on any atom is -0.506 e. The minimum atomic E-state index is -1.28. The molecule has 100 valence electrons. The summed E-state index contributed by atoms with van der Waals surface area (Å²) < 4.78 is 0. The first kappa shape index (κ1) is 14.2. The number of rotatable bonds is 5. The van der Waals surface area contributed by atoms with E-state index in [1.807, 2.05) is 0 Å². The molecule has 1 amide bonds. The van der Waals surface area contributed by atoms with Gasteiger partial charge in [0.25, 0.3) is 0 Å². The predicted molar refractivity (Wildman–Crippen MR) is 64.9 cm³/mol. The molecule has 1 aromatic rings. The van der Waals surface area contributed by atoms with Crippen LogP contribution >= 0.6 is 0 Å². The average molecular weight is 265 g/mol. The zero-order valence-electron chi connectivity index (χ0n) is 9.66. The monoisotopic (exact) mass is 265 g/mol. The Morgan fingerprint density at radius 1 is 1.16 bits per heavy atom. The fourth-order valence-electron chi connectivity index (χ4n) is 1.29. The molecule has 0 aromatic heterocycles. The number of carbonyl (C=O) groups excluding carboxylic acids is 1. The minimum absolute atomic E-state index is 0.0128. The molecule has 1 rings (SSSR count). The molecule has 0 spiro atoms. The number of carbonyl (C=O) groups is 3. The topological polar surface area (TPSA) is 124 Å². The SMILES string of the molecule is O=C(O)/C=C/C(=O)Nc1cc(CC(=O)O)ccc1O. The van der Waals surface area contributed by atoms with Crippen LogP contribution < -0.4 is 5.32 Å². The summed E-state index contributed by atoms with van der Waals surface area (Å²) in [5.74, 6) is -3.32. The number of anilines is 1. The number of amides is 1. The van der Waals surface area contributed by atoms with Gasteiger partial charge in [-0.2, -0.15) is 0 Å². The van der Waals surface area contributed by atoms with Crippen molar-refractivity contribution in [2.24, 2.45) is 0 Å². The maximum absolute atomic E-state index is 11.3. The first-order valence-electron chi connectivity index (χ1n) is 5.14. The molecule has 0 fully saturated rings. The second kappa shape index (κ2) is 6.20. The van der Waals surface area contributed by atoms with Crippen molar-refractivity contribution in [2.45, 2.75) is 6.42 Å². The van der Waals surface area contributed by atoms with Crippen LogP contribution in [0.15, 0.2) is 30.4 Å². The Bertz CT molecular complexity index is 549. The molecule has 0 unspecified atom stereocenters. The molecular weight excluding hydrogens is 254 g/mol. The summed E-state index contributed by atoms with van der Waals surface area (Å²) >= 11 is 0. The second-order valence-corrected chi connectivity index (χ2v) is 3.58. The fraction of sp³-hybridized carbons (Fsp3) is 0.0833. The molecule has 0 radical (unpaired) electrons. The van der Waals surface area contributed by atoms with Crippen molar-refractivity contribution in [3.63, 3.8) is 0 Å². The van der Waals surface area contributed by atoms with Crippen LogP contribution in [-0.2, 0) is 20.8 Å². The fourth-order valence-corrected chi connectivity index (χ4v) is 1.29. The number of hydrogen-bond donors (Lipinski definition) is 4. The van der Waals surface area contributed by atoms with Gasteiger partial charge >= 0.3 is 11.9 Å². The van der Waals surface area contributed by atoms with Gasteiger partial charge in [0.1, 0.15) is 5.75 Å². The number of nitrogens with one attached hydrogen (secondary N) is 1. The van der Waals surface area contributed by atoms with E-state index in [-0.39, 0.29) is 17.9 Å². The highest BCUT2D eigenvalue weighted by molar-refractivity contribution is 6.03. The van der Waals surface area contributed by atoms with Gasteiger partial charge in [0.15, 0.2) is 0 Å². The number of aliphatic carboxylic acids is 2. The van der Waals surface area contributed by atoms with E-state index in [4.69, 9.17) is 10.2 Å². The molecule has 0 bridgehead atoms. The highest BCUT2D eigenvalue weighted by atomic mass is 16.4. The van der Waals surface area contributed by atoms with Gasteiger partial charge in [-0.25, -0.2) is 4.79 Å². The predicted octanol–water partition coefficient (Wildman–Crippen LogP) is 0.599. The average Bonchev–Trinajstić information content (AvgIpc) is 2.30. The smallest absolute Gasteiger partial charge is 0.328 e. The standard InChI is InChI=1S/C12H11NO6/c14-9-2-1-7(6-12(18)19)5-8(9)13-10(15)3-4-11(16)17/h1-5,14H,6H2,(H,13,15)(H,16,17)(H,18,19)/b4-3+. The van der Waals surface area contributed by atoms with Gasteiger partial charge in [-0.15, -0.1) is 0 Å². The number of aromatic hydroxyl groups is 1. The largest absolute Gasteiger partial charge is 0.506 e. The highest BCUT2D eigenvalue weighted by Gasteiger charge is 2.08. The van der Waals surface area contributed by atoms with E-state index in [9.17, 15) is 19.5 Å². The Morgan fingerprint density at radius 2 is 1.84 bits per heavy atom. The first-order chi connectivity index (χ1) is 8.88. The molecule has 0 heterocycles. The molecule has 7 heteroatoms. The molecule has 0 saturated heterocycles. The molecule has 0 atom stereocenters. The summed E-state index contributed by atoms with van der Waals surface area (Å²) in [4.78, 5) is 32.1. The third-order valence-electron chi connectivity index (χ3n) is 2.05. The van der Waals surface area contributed by atoms with Crippen molar-refractivity contribution in [1.82, 2.24) is 0 Å². The van der Waals surface area contributed by atoms with Crippen molar-refractivity contribution in [3.8, 4) is 5.75 Å². The Hall–Kier alpha value is -2.83. The maximum atomic E-state index is 11.3. The third kappa shape index (κ3) is 4.90. The van der Waals surface area contributed by atoms with Crippen LogP contribution in [-0.4, -0.2) is 33.2 Å². The lowest BCUT2D eigenvalue weighted by atomic mass is 10.1. The van der Waals surface area contributed by atoms with Crippen molar-refractivity contribution in [1.29, 1.82) is 0 Å². The quantitative estimate of drug-likeness (QED) is 0.456. The van der Waals surface area contributed by atoms with Crippen LogP contribution in [0.4, 0.5) is 5.69 Å². The third-order valence-corrected chi connectivity index (χ3v) is 2.05. The Kier molecular flexibility index (Phi) is 4.64. The van der Waals surface area contributed by atoms with Crippen molar-refractivity contribution in [3.05, 3.63) is 35.9 Å². The van der Waals surface area contributed by atoms with Gasteiger partial charge in [-0.3, -0.25) is 9.59 Å². The second-order valence-electron chi connectivity index (χ2n) is 3.58. The Balaban J connectivity index is 2.85. The number of carboxylic acids is 2. The van der Waals surface area contributed by atoms with Crippen LogP contribution in [0.25, 0.3) is 0 Å². The number of phenolic OH excluding ortho intramolecular Hbond substituents is 1. The van der Waals surface area contributed by atoms with Gasteiger partial charge in [0.05, 0.1) is 12.1 Å². The van der Waals surface area contributed by atoms with Gasteiger partial charge < -0.3 is 20.6 Å². The van der Waals surface area contributed by atoms with Crippen LogP contribution in [0.3, 0.4) is 0 Å². The maximum Gasteiger partial charge on any atom is 0.328 e. The lowest BCUT2D eigenvalue weighted by Crippen LogP contribution is -2.09. The van der Waals surface area contributed by atoms with Crippen LogP contribution in [0.1, 0.15) is 5.56 Å².